The van der Waals surface area contributed by atoms with Gasteiger partial charge in [0.25, 0.3) is 5.91 Å². The van der Waals surface area contributed by atoms with Crippen LogP contribution in [0.1, 0.15) is 42.1 Å². The van der Waals surface area contributed by atoms with E-state index in [9.17, 15) is 4.79 Å². The zero-order valence-corrected chi connectivity index (χ0v) is 17.0. The number of carbonyl (C=O) groups excluding carboxylic acids is 1. The van der Waals surface area contributed by atoms with Crippen molar-refractivity contribution in [2.45, 2.75) is 26.2 Å². The largest absolute Gasteiger partial charge is 0.436 e. The summed E-state index contributed by atoms with van der Waals surface area (Å²) < 4.78 is 5.91. The van der Waals surface area contributed by atoms with Crippen molar-refractivity contribution >= 4 is 34.3 Å². The number of nitrogens with zero attached hydrogens (tertiary/aromatic N) is 1. The monoisotopic (exact) mass is 404 g/mol. The molecule has 1 N–H and O–H groups in total. The third kappa shape index (κ3) is 4.17. The van der Waals surface area contributed by atoms with E-state index in [1.807, 2.05) is 30.3 Å². The van der Waals surface area contributed by atoms with Gasteiger partial charge < -0.3 is 9.73 Å². The van der Waals surface area contributed by atoms with Gasteiger partial charge in [0.2, 0.25) is 5.89 Å². The maximum absolute atomic E-state index is 12.3. The van der Waals surface area contributed by atoms with Gasteiger partial charge in [0, 0.05) is 21.8 Å². The third-order valence-corrected chi connectivity index (χ3v) is 5.34. The lowest BCUT2D eigenvalue weighted by molar-refractivity contribution is 0.102. The summed E-state index contributed by atoms with van der Waals surface area (Å²) in [5.41, 5.74) is 5.00. The quantitative estimate of drug-likeness (QED) is 0.393. The van der Waals surface area contributed by atoms with Crippen LogP contribution in [0.3, 0.4) is 0 Å². The van der Waals surface area contributed by atoms with Gasteiger partial charge in [0.1, 0.15) is 5.52 Å². The number of halogens is 1. The molecule has 4 rings (SSSR count). The zero-order chi connectivity index (χ0) is 20.4. The molecule has 29 heavy (non-hydrogen) atoms. The first-order chi connectivity index (χ1) is 14.0. The Kier molecular flexibility index (Phi) is 5.36. The summed E-state index contributed by atoms with van der Waals surface area (Å²) in [5.74, 6) is 0.869. The van der Waals surface area contributed by atoms with Gasteiger partial charge in [-0.15, -0.1) is 0 Å². The second-order valence-corrected chi connectivity index (χ2v) is 7.53. The van der Waals surface area contributed by atoms with Crippen LogP contribution in [-0.4, -0.2) is 10.9 Å². The van der Waals surface area contributed by atoms with Crippen LogP contribution >= 0.6 is 11.6 Å². The Balaban J connectivity index is 1.52. The molecule has 4 nitrogen and oxygen atoms in total. The second-order valence-electron chi connectivity index (χ2n) is 7.09. The molecule has 0 aliphatic rings. The van der Waals surface area contributed by atoms with E-state index in [2.05, 4.69) is 36.3 Å². The normalized spacial score (nSPS) is 12.1. The van der Waals surface area contributed by atoms with E-state index in [-0.39, 0.29) is 5.91 Å². The number of amides is 1. The summed E-state index contributed by atoms with van der Waals surface area (Å²) in [5, 5.41) is 3.47. The van der Waals surface area contributed by atoms with Gasteiger partial charge in [0.05, 0.1) is 0 Å². The number of hydrogen-bond donors (Lipinski definition) is 1. The number of carbonyl (C=O) groups is 1. The first-order valence-electron chi connectivity index (χ1n) is 9.61. The molecular weight excluding hydrogens is 384 g/mol. The number of aromatic nitrogens is 1. The summed E-state index contributed by atoms with van der Waals surface area (Å²) in [6, 6.07) is 20.4. The van der Waals surface area contributed by atoms with Crippen LogP contribution in [0.2, 0.25) is 5.02 Å². The van der Waals surface area contributed by atoms with Crippen LogP contribution < -0.4 is 5.32 Å². The molecule has 0 fully saturated rings. The van der Waals surface area contributed by atoms with Gasteiger partial charge in [0.15, 0.2) is 5.58 Å². The Morgan fingerprint density at radius 1 is 1.07 bits per heavy atom. The Morgan fingerprint density at radius 3 is 2.48 bits per heavy atom. The first-order valence-corrected chi connectivity index (χ1v) is 9.99. The molecule has 146 valence electrons. The minimum Gasteiger partial charge on any atom is -0.436 e. The van der Waals surface area contributed by atoms with E-state index < -0.39 is 0 Å². The molecule has 0 spiro atoms. The standard InChI is InChI=1S/C24H21ClN2O2/c1-3-15(2)18-8-13-22-21(14-18)27-24(29-22)17-6-11-20(12-7-17)26-23(28)16-4-9-19(25)10-5-16/h4-15H,3H2,1-2H3,(H,26,28)/t15-/m1/s1. The molecule has 5 heteroatoms. The summed E-state index contributed by atoms with van der Waals surface area (Å²) in [6.45, 7) is 4.38. The van der Waals surface area contributed by atoms with Crippen LogP contribution in [0.15, 0.2) is 71.1 Å². The highest BCUT2D eigenvalue weighted by Gasteiger charge is 2.12. The van der Waals surface area contributed by atoms with Crippen LogP contribution in [0.25, 0.3) is 22.6 Å². The zero-order valence-electron chi connectivity index (χ0n) is 16.3. The molecule has 1 amide bonds. The van der Waals surface area contributed by atoms with Crippen molar-refractivity contribution in [2.24, 2.45) is 0 Å². The van der Waals surface area contributed by atoms with E-state index in [1.165, 1.54) is 5.56 Å². The fourth-order valence-electron chi connectivity index (χ4n) is 3.11. The van der Waals surface area contributed by atoms with Gasteiger partial charge in [-0.3, -0.25) is 4.79 Å². The fourth-order valence-corrected chi connectivity index (χ4v) is 3.24. The number of oxazole rings is 1. The molecule has 1 heterocycles. The summed E-state index contributed by atoms with van der Waals surface area (Å²) in [7, 11) is 0. The molecular formula is C24H21ClN2O2. The average molecular weight is 405 g/mol. The molecule has 0 radical (unpaired) electrons. The lowest BCUT2D eigenvalue weighted by atomic mass is 9.98. The maximum Gasteiger partial charge on any atom is 0.255 e. The number of anilines is 1. The smallest absolute Gasteiger partial charge is 0.255 e. The molecule has 0 aliphatic heterocycles. The van der Waals surface area contributed by atoms with Crippen LogP contribution in [0.5, 0.6) is 0 Å². The molecule has 0 saturated carbocycles. The summed E-state index contributed by atoms with van der Waals surface area (Å²) >= 11 is 5.87. The molecule has 1 aromatic heterocycles. The van der Waals surface area contributed by atoms with E-state index in [0.717, 1.165) is 23.1 Å². The van der Waals surface area contributed by atoms with E-state index in [1.54, 1.807) is 24.3 Å². The lowest BCUT2D eigenvalue weighted by Crippen LogP contribution is -2.11. The molecule has 4 aromatic rings. The number of fused-ring (bicyclic) bond motifs is 1. The van der Waals surface area contributed by atoms with Crippen molar-refractivity contribution < 1.29 is 9.21 Å². The Labute approximate surface area is 174 Å². The van der Waals surface area contributed by atoms with Crippen molar-refractivity contribution in [1.82, 2.24) is 4.98 Å². The molecule has 1 atom stereocenters. The van der Waals surface area contributed by atoms with Crippen LogP contribution in [-0.2, 0) is 0 Å². The first kappa shape index (κ1) is 19.2. The predicted molar refractivity (Wildman–Crippen MR) is 118 cm³/mol. The number of rotatable bonds is 5. The highest BCUT2D eigenvalue weighted by Crippen LogP contribution is 2.28. The Hall–Kier alpha value is -3.11. The lowest BCUT2D eigenvalue weighted by Gasteiger charge is -2.07. The second kappa shape index (κ2) is 8.10. The summed E-state index contributed by atoms with van der Waals surface area (Å²) in [6.07, 6.45) is 1.08. The Bertz CT molecular complexity index is 1150. The van der Waals surface area contributed by atoms with Crippen molar-refractivity contribution in [2.75, 3.05) is 5.32 Å². The molecule has 3 aromatic carbocycles. The molecule has 0 aliphatic carbocycles. The van der Waals surface area contributed by atoms with E-state index in [0.29, 0.717) is 28.1 Å². The topological polar surface area (TPSA) is 55.1 Å². The van der Waals surface area contributed by atoms with Gasteiger partial charge in [-0.1, -0.05) is 31.5 Å². The van der Waals surface area contributed by atoms with Gasteiger partial charge >= 0.3 is 0 Å². The van der Waals surface area contributed by atoms with Crippen molar-refractivity contribution in [1.29, 1.82) is 0 Å². The fraction of sp³-hybridized carbons (Fsp3) is 0.167. The maximum atomic E-state index is 12.3. The van der Waals surface area contributed by atoms with Crippen LogP contribution in [0, 0.1) is 0 Å². The summed E-state index contributed by atoms with van der Waals surface area (Å²) in [4.78, 5) is 17.0. The number of nitrogens with one attached hydrogen (secondary N) is 1. The van der Waals surface area contributed by atoms with Crippen LogP contribution in [0.4, 0.5) is 5.69 Å². The molecule has 0 unspecified atom stereocenters. The minimum absolute atomic E-state index is 0.186. The minimum atomic E-state index is -0.186. The average Bonchev–Trinajstić information content (AvgIpc) is 3.17. The van der Waals surface area contributed by atoms with Gasteiger partial charge in [-0.25, -0.2) is 4.98 Å². The van der Waals surface area contributed by atoms with E-state index >= 15 is 0 Å². The van der Waals surface area contributed by atoms with Gasteiger partial charge in [-0.2, -0.15) is 0 Å². The van der Waals surface area contributed by atoms with Crippen molar-refractivity contribution in [3.63, 3.8) is 0 Å². The van der Waals surface area contributed by atoms with Gasteiger partial charge in [-0.05, 0) is 78.6 Å². The highest BCUT2D eigenvalue weighted by molar-refractivity contribution is 6.30. The van der Waals surface area contributed by atoms with Crippen molar-refractivity contribution in [3.8, 4) is 11.5 Å². The van der Waals surface area contributed by atoms with Crippen molar-refractivity contribution in [3.05, 3.63) is 82.9 Å². The molecule has 0 bridgehead atoms. The highest BCUT2D eigenvalue weighted by atomic mass is 35.5. The number of benzene rings is 3. The predicted octanol–water partition coefficient (Wildman–Crippen LogP) is 6.91. The third-order valence-electron chi connectivity index (χ3n) is 5.09. The SMILES string of the molecule is CC[C@@H](C)c1ccc2oc(-c3ccc(NC(=O)c4ccc(Cl)cc4)cc3)nc2c1. The van der Waals surface area contributed by atoms with E-state index in [4.69, 9.17) is 16.0 Å². The molecule has 0 saturated heterocycles. The Morgan fingerprint density at radius 2 is 1.79 bits per heavy atom. The number of hydrogen-bond acceptors (Lipinski definition) is 3.